The van der Waals surface area contributed by atoms with Gasteiger partial charge >= 0.3 is 0 Å². The number of fused-ring (bicyclic) bond motifs is 1. The summed E-state index contributed by atoms with van der Waals surface area (Å²) < 4.78 is 0.881. The molecule has 0 spiro atoms. The van der Waals surface area contributed by atoms with E-state index in [1.807, 2.05) is 18.2 Å². The number of anilines is 2. The molecular weight excluding hydrogens is 369 g/mol. The lowest BCUT2D eigenvalue weighted by molar-refractivity contribution is 0.980. The Balaban J connectivity index is 1.99. The number of benzene rings is 1. The quantitative estimate of drug-likeness (QED) is 0.753. The first-order valence-electron chi connectivity index (χ1n) is 5.55. The van der Waals surface area contributed by atoms with Crippen molar-refractivity contribution in [3.05, 3.63) is 38.7 Å². The second-order valence-electron chi connectivity index (χ2n) is 3.96. The predicted molar refractivity (Wildman–Crippen MR) is 83.9 cm³/mol. The molecule has 1 aliphatic rings. The number of aryl methyl sites for hydroxylation is 1. The van der Waals surface area contributed by atoms with Gasteiger partial charge in [0.05, 0.1) is 16.3 Å². The topological polar surface area (TPSA) is 37.8 Å². The molecule has 2 aromatic rings. The molecule has 98 valence electrons. The van der Waals surface area contributed by atoms with Crippen molar-refractivity contribution in [2.45, 2.75) is 11.3 Å². The van der Waals surface area contributed by atoms with Gasteiger partial charge in [-0.25, -0.2) is 4.98 Å². The smallest absolute Gasteiger partial charge is 0.224 e. The van der Waals surface area contributed by atoms with Gasteiger partial charge in [0, 0.05) is 21.7 Å². The summed E-state index contributed by atoms with van der Waals surface area (Å²) in [6.45, 7) is 0. The summed E-state index contributed by atoms with van der Waals surface area (Å²) in [5.41, 5.74) is 1.91. The van der Waals surface area contributed by atoms with Gasteiger partial charge in [-0.1, -0.05) is 11.6 Å². The van der Waals surface area contributed by atoms with E-state index in [2.05, 4.69) is 31.2 Å². The summed E-state index contributed by atoms with van der Waals surface area (Å²) in [6, 6.07) is 5.55. The van der Waals surface area contributed by atoms with Crippen LogP contribution in [0.3, 0.4) is 0 Å². The van der Waals surface area contributed by atoms with E-state index in [0.29, 0.717) is 5.02 Å². The third-order valence-corrected chi connectivity index (χ3v) is 4.86. The number of nitrogens with zero attached hydrogens (tertiary/aromatic N) is 2. The minimum atomic E-state index is 0.272. The Morgan fingerprint density at radius 2 is 2.11 bits per heavy atom. The predicted octanol–water partition coefficient (Wildman–Crippen LogP) is 4.94. The second-order valence-corrected chi connectivity index (χ2v) is 6.70. The molecule has 3 nitrogen and oxygen atoms in total. The molecule has 0 bridgehead atoms. The van der Waals surface area contributed by atoms with E-state index in [1.165, 1.54) is 0 Å². The van der Waals surface area contributed by atoms with E-state index in [0.717, 1.165) is 38.7 Å². The van der Waals surface area contributed by atoms with Crippen molar-refractivity contribution in [1.29, 1.82) is 0 Å². The molecule has 0 saturated heterocycles. The molecule has 19 heavy (non-hydrogen) atoms. The Bertz CT molecular complexity index is 651. The van der Waals surface area contributed by atoms with Crippen LogP contribution in [0.1, 0.15) is 5.69 Å². The zero-order chi connectivity index (χ0) is 13.4. The molecule has 0 fully saturated rings. The van der Waals surface area contributed by atoms with Gasteiger partial charge in [0.2, 0.25) is 5.28 Å². The maximum Gasteiger partial charge on any atom is 0.224 e. The second kappa shape index (κ2) is 5.48. The zero-order valence-electron chi connectivity index (χ0n) is 9.58. The van der Waals surface area contributed by atoms with E-state index in [4.69, 9.17) is 23.2 Å². The Kier molecular flexibility index (Phi) is 3.89. The number of aromatic nitrogens is 2. The summed E-state index contributed by atoms with van der Waals surface area (Å²) >= 11 is 17.1. The lowest BCUT2D eigenvalue weighted by atomic mass is 10.3. The van der Waals surface area contributed by atoms with Crippen molar-refractivity contribution < 1.29 is 0 Å². The average molecular weight is 377 g/mol. The Morgan fingerprint density at radius 1 is 1.26 bits per heavy atom. The van der Waals surface area contributed by atoms with Gasteiger partial charge in [-0.05, 0) is 45.7 Å². The third kappa shape index (κ3) is 2.84. The number of rotatable bonds is 2. The highest BCUT2D eigenvalue weighted by molar-refractivity contribution is 9.10. The lowest BCUT2D eigenvalue weighted by Gasteiger charge is -2.11. The molecule has 0 unspecified atom stereocenters. The molecule has 0 amide bonds. The van der Waals surface area contributed by atoms with E-state index in [-0.39, 0.29) is 5.28 Å². The highest BCUT2D eigenvalue weighted by atomic mass is 79.9. The summed E-state index contributed by atoms with van der Waals surface area (Å²) in [5, 5.41) is 4.23. The summed E-state index contributed by atoms with van der Waals surface area (Å²) in [5.74, 6) is 1.77. The first-order chi connectivity index (χ1) is 9.13. The van der Waals surface area contributed by atoms with Crippen LogP contribution < -0.4 is 5.32 Å². The summed E-state index contributed by atoms with van der Waals surface area (Å²) in [7, 11) is 0. The molecule has 2 heterocycles. The minimum Gasteiger partial charge on any atom is -0.338 e. The maximum atomic E-state index is 5.96. The van der Waals surface area contributed by atoms with Crippen molar-refractivity contribution >= 4 is 62.4 Å². The van der Waals surface area contributed by atoms with Crippen LogP contribution in [0.4, 0.5) is 11.5 Å². The van der Waals surface area contributed by atoms with Crippen molar-refractivity contribution in [3.63, 3.8) is 0 Å². The largest absolute Gasteiger partial charge is 0.338 e. The standard InChI is InChI=1S/C12H8BrCl2N3S/c13-7-5-6(14)1-2-8(7)16-11-10-9(3-4-19-10)17-12(15)18-11/h1-2,5H,3-4H2,(H,16,17,18). The first-order valence-corrected chi connectivity index (χ1v) is 8.08. The van der Waals surface area contributed by atoms with Gasteiger partial charge in [-0.3, -0.25) is 0 Å². The van der Waals surface area contributed by atoms with Crippen LogP contribution in [0.25, 0.3) is 0 Å². The number of hydrogen-bond donors (Lipinski definition) is 1. The maximum absolute atomic E-state index is 5.96. The molecule has 0 radical (unpaired) electrons. The van der Waals surface area contributed by atoms with Gasteiger partial charge in [0.25, 0.3) is 0 Å². The van der Waals surface area contributed by atoms with Crippen LogP contribution in [-0.4, -0.2) is 15.7 Å². The molecule has 0 aliphatic carbocycles. The van der Waals surface area contributed by atoms with Crippen LogP contribution in [0.15, 0.2) is 27.6 Å². The van der Waals surface area contributed by atoms with Crippen molar-refractivity contribution in [2.24, 2.45) is 0 Å². The minimum absolute atomic E-state index is 0.272. The monoisotopic (exact) mass is 375 g/mol. The van der Waals surface area contributed by atoms with E-state index in [1.54, 1.807) is 11.8 Å². The molecule has 1 N–H and O–H groups in total. The Labute approximate surface area is 133 Å². The van der Waals surface area contributed by atoms with Crippen LogP contribution >= 0.6 is 50.9 Å². The summed E-state index contributed by atoms with van der Waals surface area (Å²) in [4.78, 5) is 9.60. The van der Waals surface area contributed by atoms with Gasteiger partial charge in [-0.2, -0.15) is 4.98 Å². The Hall–Kier alpha value is -0.490. The molecule has 7 heteroatoms. The molecule has 0 saturated carbocycles. The van der Waals surface area contributed by atoms with Crippen molar-refractivity contribution in [1.82, 2.24) is 9.97 Å². The lowest BCUT2D eigenvalue weighted by Crippen LogP contribution is -2.00. The number of nitrogens with one attached hydrogen (secondary N) is 1. The first kappa shape index (κ1) is 13.5. The molecule has 0 atom stereocenters. The zero-order valence-corrected chi connectivity index (χ0v) is 13.5. The van der Waals surface area contributed by atoms with Crippen LogP contribution in [-0.2, 0) is 6.42 Å². The van der Waals surface area contributed by atoms with Crippen LogP contribution in [0.2, 0.25) is 10.3 Å². The van der Waals surface area contributed by atoms with Crippen molar-refractivity contribution in [3.8, 4) is 0 Å². The Morgan fingerprint density at radius 3 is 2.89 bits per heavy atom. The fourth-order valence-corrected chi connectivity index (χ4v) is 3.86. The molecule has 1 aromatic heterocycles. The number of halogens is 3. The van der Waals surface area contributed by atoms with E-state index in [9.17, 15) is 0 Å². The molecule has 1 aromatic carbocycles. The fourth-order valence-electron chi connectivity index (χ4n) is 1.84. The highest BCUT2D eigenvalue weighted by Crippen LogP contribution is 2.38. The number of hydrogen-bond acceptors (Lipinski definition) is 4. The SMILES string of the molecule is Clc1ccc(Nc2nc(Cl)nc3c2SCC3)c(Br)c1. The van der Waals surface area contributed by atoms with Gasteiger partial charge < -0.3 is 5.32 Å². The van der Waals surface area contributed by atoms with Crippen LogP contribution in [0.5, 0.6) is 0 Å². The van der Waals surface area contributed by atoms with E-state index >= 15 is 0 Å². The molecular formula is C12H8BrCl2N3S. The fraction of sp³-hybridized carbons (Fsp3) is 0.167. The van der Waals surface area contributed by atoms with Crippen LogP contribution in [0, 0.1) is 0 Å². The van der Waals surface area contributed by atoms with Gasteiger partial charge in [0.1, 0.15) is 5.82 Å². The highest BCUT2D eigenvalue weighted by Gasteiger charge is 2.20. The molecule has 3 rings (SSSR count). The van der Waals surface area contributed by atoms with Crippen molar-refractivity contribution in [2.75, 3.05) is 11.1 Å². The molecule has 1 aliphatic heterocycles. The number of thioether (sulfide) groups is 1. The third-order valence-electron chi connectivity index (χ3n) is 2.68. The normalized spacial score (nSPS) is 13.4. The van der Waals surface area contributed by atoms with Gasteiger partial charge in [0.15, 0.2) is 0 Å². The van der Waals surface area contributed by atoms with Gasteiger partial charge in [-0.15, -0.1) is 11.8 Å². The van der Waals surface area contributed by atoms with E-state index < -0.39 is 0 Å². The average Bonchev–Trinajstić information content (AvgIpc) is 2.80. The summed E-state index contributed by atoms with van der Waals surface area (Å²) in [6.07, 6.45) is 0.929.